The van der Waals surface area contributed by atoms with Crippen LogP contribution in [-0.2, 0) is 11.2 Å². The van der Waals surface area contributed by atoms with Crippen LogP contribution < -0.4 is 5.32 Å². The molecule has 2 fully saturated rings. The minimum atomic E-state index is 0.225. The molecule has 1 spiro atoms. The van der Waals surface area contributed by atoms with Gasteiger partial charge in [0.25, 0.3) is 0 Å². The summed E-state index contributed by atoms with van der Waals surface area (Å²) in [5, 5.41) is 3.57. The summed E-state index contributed by atoms with van der Waals surface area (Å²) in [6, 6.07) is 6.79. The van der Waals surface area contributed by atoms with Gasteiger partial charge in [-0.2, -0.15) is 0 Å². The van der Waals surface area contributed by atoms with Gasteiger partial charge in [0, 0.05) is 24.5 Å². The maximum atomic E-state index is 6.17. The highest BCUT2D eigenvalue weighted by atomic mass is 16.5. The zero-order valence-corrected chi connectivity index (χ0v) is 13.2. The quantitative estimate of drug-likeness (QED) is 0.902. The van der Waals surface area contributed by atoms with E-state index in [9.17, 15) is 0 Å². The molecular formula is C18H28N2O. The number of aryl methyl sites for hydroxylation is 1. The van der Waals surface area contributed by atoms with Crippen molar-refractivity contribution in [2.45, 2.75) is 63.0 Å². The number of hydrogen-bond acceptors (Lipinski definition) is 3. The molecule has 2 unspecified atom stereocenters. The Hall–Kier alpha value is -0.930. The van der Waals surface area contributed by atoms with Crippen molar-refractivity contribution in [2.75, 3.05) is 13.7 Å². The number of nitrogens with one attached hydrogen (secondary N) is 1. The summed E-state index contributed by atoms with van der Waals surface area (Å²) >= 11 is 0. The van der Waals surface area contributed by atoms with Crippen LogP contribution in [0.3, 0.4) is 0 Å². The molecule has 0 bridgehead atoms. The Morgan fingerprint density at radius 1 is 1.38 bits per heavy atom. The Balaban J connectivity index is 1.57. The number of ether oxygens (including phenoxy) is 1. The lowest BCUT2D eigenvalue weighted by Crippen LogP contribution is -2.45. The second-order valence-electron chi connectivity index (χ2n) is 6.75. The van der Waals surface area contributed by atoms with Crippen LogP contribution in [0.15, 0.2) is 24.4 Å². The van der Waals surface area contributed by atoms with Gasteiger partial charge in [-0.15, -0.1) is 0 Å². The van der Waals surface area contributed by atoms with Crippen LogP contribution in [0.4, 0.5) is 0 Å². The van der Waals surface area contributed by atoms with E-state index in [0.717, 1.165) is 18.9 Å². The minimum Gasteiger partial charge on any atom is -0.375 e. The van der Waals surface area contributed by atoms with E-state index < -0.39 is 0 Å². The zero-order chi connectivity index (χ0) is 14.5. The lowest BCUT2D eigenvalue weighted by atomic mass is 9.79. The fourth-order valence-electron chi connectivity index (χ4n) is 4.24. The number of aromatic nitrogens is 1. The van der Waals surface area contributed by atoms with E-state index in [1.54, 1.807) is 0 Å². The van der Waals surface area contributed by atoms with Gasteiger partial charge in [0.05, 0.1) is 5.60 Å². The fourth-order valence-corrected chi connectivity index (χ4v) is 4.24. The molecule has 1 saturated carbocycles. The molecule has 0 radical (unpaired) electrons. The SMILES string of the molecule is CNC(CCc1ccccn1)C1CCOC2(CCCC2)C1. The highest BCUT2D eigenvalue weighted by Crippen LogP contribution is 2.43. The molecule has 1 aromatic heterocycles. The summed E-state index contributed by atoms with van der Waals surface area (Å²) in [5.41, 5.74) is 1.43. The van der Waals surface area contributed by atoms with Crippen molar-refractivity contribution in [1.82, 2.24) is 10.3 Å². The summed E-state index contributed by atoms with van der Waals surface area (Å²) < 4.78 is 6.17. The Kier molecular flexibility index (Phi) is 4.91. The monoisotopic (exact) mass is 288 g/mol. The molecule has 1 aliphatic carbocycles. The second kappa shape index (κ2) is 6.89. The zero-order valence-electron chi connectivity index (χ0n) is 13.2. The summed E-state index contributed by atoms with van der Waals surface area (Å²) in [4.78, 5) is 4.45. The van der Waals surface area contributed by atoms with Crippen LogP contribution >= 0.6 is 0 Å². The summed E-state index contributed by atoms with van der Waals surface area (Å²) in [7, 11) is 2.11. The van der Waals surface area contributed by atoms with Gasteiger partial charge in [0.2, 0.25) is 0 Å². The van der Waals surface area contributed by atoms with Crippen LogP contribution in [0.1, 0.15) is 50.6 Å². The van der Waals surface area contributed by atoms with Gasteiger partial charge in [-0.3, -0.25) is 4.98 Å². The van der Waals surface area contributed by atoms with E-state index in [1.165, 1.54) is 50.6 Å². The van der Waals surface area contributed by atoms with Crippen LogP contribution in [0.25, 0.3) is 0 Å². The van der Waals surface area contributed by atoms with Crippen LogP contribution in [-0.4, -0.2) is 30.3 Å². The molecule has 21 heavy (non-hydrogen) atoms. The predicted molar refractivity (Wildman–Crippen MR) is 85.3 cm³/mol. The minimum absolute atomic E-state index is 0.225. The third-order valence-electron chi connectivity index (χ3n) is 5.42. The lowest BCUT2D eigenvalue weighted by Gasteiger charge is -2.41. The first-order valence-corrected chi connectivity index (χ1v) is 8.52. The van der Waals surface area contributed by atoms with Gasteiger partial charge in [-0.1, -0.05) is 18.9 Å². The van der Waals surface area contributed by atoms with Crippen LogP contribution in [0.5, 0.6) is 0 Å². The standard InChI is InChI=1S/C18H28N2O/c1-19-17(8-7-16-6-2-5-12-20-16)15-9-13-21-18(14-15)10-3-4-11-18/h2,5-6,12,15,17,19H,3-4,7-11,13-14H2,1H3. The Labute approximate surface area is 128 Å². The molecule has 1 N–H and O–H groups in total. The van der Waals surface area contributed by atoms with Crippen molar-refractivity contribution in [2.24, 2.45) is 5.92 Å². The number of rotatable bonds is 5. The van der Waals surface area contributed by atoms with Crippen molar-refractivity contribution in [3.05, 3.63) is 30.1 Å². The Bertz CT molecular complexity index is 428. The molecule has 2 heterocycles. The average molecular weight is 288 g/mol. The van der Waals surface area contributed by atoms with Gasteiger partial charge >= 0.3 is 0 Å². The summed E-state index contributed by atoms with van der Waals surface area (Å²) in [5.74, 6) is 0.755. The van der Waals surface area contributed by atoms with Crippen molar-refractivity contribution in [3.8, 4) is 0 Å². The van der Waals surface area contributed by atoms with E-state index in [4.69, 9.17) is 4.74 Å². The molecule has 1 saturated heterocycles. The molecule has 3 heteroatoms. The maximum Gasteiger partial charge on any atom is 0.0685 e. The predicted octanol–water partition coefficient (Wildman–Crippen LogP) is 3.34. The summed E-state index contributed by atoms with van der Waals surface area (Å²) in [6.07, 6.45) is 11.9. The molecule has 1 aromatic rings. The van der Waals surface area contributed by atoms with E-state index in [-0.39, 0.29) is 5.60 Å². The average Bonchev–Trinajstić information content (AvgIpc) is 2.97. The van der Waals surface area contributed by atoms with E-state index in [1.807, 2.05) is 12.3 Å². The normalized spacial score (nSPS) is 26.0. The Morgan fingerprint density at radius 2 is 2.24 bits per heavy atom. The molecule has 0 amide bonds. The van der Waals surface area contributed by atoms with Gasteiger partial charge in [0.15, 0.2) is 0 Å². The fraction of sp³-hybridized carbons (Fsp3) is 0.722. The van der Waals surface area contributed by atoms with Crippen molar-refractivity contribution < 1.29 is 4.74 Å². The van der Waals surface area contributed by atoms with E-state index in [2.05, 4.69) is 29.5 Å². The Morgan fingerprint density at radius 3 is 2.95 bits per heavy atom. The molecule has 1 aliphatic heterocycles. The van der Waals surface area contributed by atoms with Crippen molar-refractivity contribution in [1.29, 1.82) is 0 Å². The smallest absolute Gasteiger partial charge is 0.0685 e. The third kappa shape index (κ3) is 3.64. The number of nitrogens with zero attached hydrogens (tertiary/aromatic N) is 1. The first-order valence-electron chi connectivity index (χ1n) is 8.52. The highest BCUT2D eigenvalue weighted by Gasteiger charge is 2.41. The van der Waals surface area contributed by atoms with E-state index >= 15 is 0 Å². The molecule has 3 rings (SSSR count). The molecule has 3 nitrogen and oxygen atoms in total. The van der Waals surface area contributed by atoms with E-state index in [0.29, 0.717) is 6.04 Å². The number of pyridine rings is 1. The first kappa shape index (κ1) is 15.0. The molecule has 2 aliphatic rings. The molecule has 0 aromatic carbocycles. The first-order chi connectivity index (χ1) is 10.3. The summed E-state index contributed by atoms with van der Waals surface area (Å²) in [6.45, 7) is 0.951. The lowest BCUT2D eigenvalue weighted by molar-refractivity contribution is -0.0979. The number of hydrogen-bond donors (Lipinski definition) is 1. The van der Waals surface area contributed by atoms with Crippen molar-refractivity contribution in [3.63, 3.8) is 0 Å². The van der Waals surface area contributed by atoms with Gasteiger partial charge in [0.1, 0.15) is 0 Å². The molecular weight excluding hydrogens is 260 g/mol. The maximum absolute atomic E-state index is 6.17. The topological polar surface area (TPSA) is 34.2 Å². The molecule has 2 atom stereocenters. The van der Waals surface area contributed by atoms with Crippen LogP contribution in [0, 0.1) is 5.92 Å². The second-order valence-corrected chi connectivity index (χ2v) is 6.75. The van der Waals surface area contributed by atoms with Gasteiger partial charge in [-0.25, -0.2) is 0 Å². The highest BCUT2D eigenvalue weighted by molar-refractivity contribution is 5.04. The largest absolute Gasteiger partial charge is 0.375 e. The van der Waals surface area contributed by atoms with Gasteiger partial charge in [-0.05, 0) is 63.6 Å². The van der Waals surface area contributed by atoms with Crippen LogP contribution in [0.2, 0.25) is 0 Å². The van der Waals surface area contributed by atoms with Gasteiger partial charge < -0.3 is 10.1 Å². The van der Waals surface area contributed by atoms with Crippen molar-refractivity contribution >= 4 is 0 Å². The molecule has 116 valence electrons. The third-order valence-corrected chi connectivity index (χ3v) is 5.42.